The van der Waals surface area contributed by atoms with Crippen molar-refractivity contribution in [3.63, 3.8) is 0 Å². The third kappa shape index (κ3) is 7.26. The largest absolute Gasteiger partial charge is 0.465 e. The highest BCUT2D eigenvalue weighted by Gasteiger charge is 2.53. The smallest absolute Gasteiger partial charge is 0.408 e. The molecule has 1 unspecified atom stereocenters. The summed E-state index contributed by atoms with van der Waals surface area (Å²) in [4.78, 5) is 26.9. The number of nitrogens with one attached hydrogen (secondary N) is 1. The Morgan fingerprint density at radius 2 is 1.35 bits per heavy atom. The molecule has 3 rings (SSSR count). The van der Waals surface area contributed by atoms with Crippen LogP contribution in [-0.4, -0.2) is 59.8 Å². The number of ether oxygens (including phenoxy) is 1. The predicted molar refractivity (Wildman–Crippen MR) is 163 cm³/mol. The number of amides is 2. The SMILES string of the molecule is CC(C)(C)OC(=O)N[C@H]1CCC(O[Si](c2ccccc2)(c2ccccc2)C(C)(C)C)C[C@H]1N(C(=O)O)C(C)(C)C. The van der Waals surface area contributed by atoms with E-state index in [1.54, 1.807) is 0 Å². The highest BCUT2D eigenvalue weighted by Crippen LogP contribution is 2.40. The first kappa shape index (κ1) is 31.7. The second-order valence-corrected chi connectivity index (χ2v) is 18.1. The van der Waals surface area contributed by atoms with Crippen LogP contribution in [0.25, 0.3) is 0 Å². The zero-order valence-corrected chi connectivity index (χ0v) is 26.7. The van der Waals surface area contributed by atoms with Gasteiger partial charge in [0.1, 0.15) is 5.60 Å². The molecule has 0 heterocycles. The highest BCUT2D eigenvalue weighted by molar-refractivity contribution is 6.99. The number of carboxylic acid groups (broad SMARTS) is 1. The van der Waals surface area contributed by atoms with Gasteiger partial charge in [0.25, 0.3) is 8.32 Å². The van der Waals surface area contributed by atoms with Crippen LogP contribution >= 0.6 is 0 Å². The topological polar surface area (TPSA) is 88.1 Å². The van der Waals surface area contributed by atoms with E-state index in [2.05, 4.69) is 74.6 Å². The summed E-state index contributed by atoms with van der Waals surface area (Å²) in [7, 11) is -2.84. The highest BCUT2D eigenvalue weighted by atomic mass is 28.4. The van der Waals surface area contributed by atoms with Crippen LogP contribution in [0, 0.1) is 0 Å². The minimum absolute atomic E-state index is 0.197. The fraction of sp³-hybridized carbons (Fsp3) is 0.562. The summed E-state index contributed by atoms with van der Waals surface area (Å²) in [5.74, 6) is 0. The summed E-state index contributed by atoms with van der Waals surface area (Å²) >= 11 is 0. The molecule has 0 spiro atoms. The van der Waals surface area contributed by atoms with E-state index >= 15 is 0 Å². The van der Waals surface area contributed by atoms with Crippen LogP contribution in [0.5, 0.6) is 0 Å². The molecule has 0 aromatic heterocycles. The Labute approximate surface area is 241 Å². The lowest BCUT2D eigenvalue weighted by atomic mass is 9.85. The van der Waals surface area contributed by atoms with Crippen molar-refractivity contribution < 1.29 is 23.9 Å². The molecule has 1 aliphatic rings. The zero-order chi connectivity index (χ0) is 29.9. The standard InChI is InChI=1S/C32H48N2O5Si/c1-30(2,3)34(29(36)37)27-22-23(20-21-26(27)33-28(35)38-31(4,5)6)39-40(32(7,8)9,24-16-12-10-13-17-24)25-18-14-11-15-19-25/h10-19,23,26-27H,20-22H2,1-9H3,(H,33,35)(H,36,37)/t23?,26-,27+/m0/s1. The average molecular weight is 569 g/mol. The van der Waals surface area contributed by atoms with Crippen molar-refractivity contribution in [1.29, 1.82) is 0 Å². The second kappa shape index (κ2) is 11.9. The Morgan fingerprint density at radius 1 is 0.850 bits per heavy atom. The minimum atomic E-state index is -2.84. The van der Waals surface area contributed by atoms with E-state index in [0.717, 1.165) is 0 Å². The van der Waals surface area contributed by atoms with Crippen LogP contribution in [-0.2, 0) is 9.16 Å². The Balaban J connectivity index is 2.05. The zero-order valence-electron chi connectivity index (χ0n) is 25.7. The van der Waals surface area contributed by atoms with Crippen molar-refractivity contribution >= 4 is 30.9 Å². The molecule has 0 radical (unpaired) electrons. The van der Waals surface area contributed by atoms with Crippen LogP contribution in [0.15, 0.2) is 60.7 Å². The fourth-order valence-corrected chi connectivity index (χ4v) is 10.7. The molecule has 0 bridgehead atoms. The molecule has 0 saturated heterocycles. The summed E-state index contributed by atoms with van der Waals surface area (Å²) < 4.78 is 12.9. The molecule has 2 N–H and O–H groups in total. The van der Waals surface area contributed by atoms with Gasteiger partial charge in [-0.2, -0.15) is 0 Å². The van der Waals surface area contributed by atoms with E-state index in [1.807, 2.05) is 53.7 Å². The third-order valence-corrected chi connectivity index (χ3v) is 12.6. The molecule has 2 amide bonds. The maximum absolute atomic E-state index is 12.8. The van der Waals surface area contributed by atoms with Crippen LogP contribution < -0.4 is 15.7 Å². The number of hydrogen-bond acceptors (Lipinski definition) is 4. The van der Waals surface area contributed by atoms with E-state index < -0.39 is 43.7 Å². The van der Waals surface area contributed by atoms with Gasteiger partial charge < -0.3 is 19.6 Å². The van der Waals surface area contributed by atoms with Gasteiger partial charge in [-0.15, -0.1) is 0 Å². The first-order valence-electron chi connectivity index (χ1n) is 14.3. The monoisotopic (exact) mass is 568 g/mol. The molecule has 8 heteroatoms. The Bertz CT molecular complexity index is 1100. The van der Waals surface area contributed by atoms with Crippen molar-refractivity contribution in [3.8, 4) is 0 Å². The molecule has 3 atom stereocenters. The van der Waals surface area contributed by atoms with E-state index in [1.165, 1.54) is 15.3 Å². The minimum Gasteiger partial charge on any atom is -0.465 e. The molecular weight excluding hydrogens is 520 g/mol. The molecule has 1 aliphatic carbocycles. The molecule has 1 saturated carbocycles. The second-order valence-electron chi connectivity index (χ2n) is 13.9. The Morgan fingerprint density at radius 3 is 1.75 bits per heavy atom. The lowest BCUT2D eigenvalue weighted by Gasteiger charge is -2.50. The van der Waals surface area contributed by atoms with Gasteiger partial charge in [-0.05, 0) is 76.2 Å². The van der Waals surface area contributed by atoms with E-state index in [9.17, 15) is 14.7 Å². The maximum Gasteiger partial charge on any atom is 0.408 e. The summed E-state index contributed by atoms with van der Waals surface area (Å²) in [6, 6.07) is 20.1. The van der Waals surface area contributed by atoms with E-state index in [-0.39, 0.29) is 11.1 Å². The lowest BCUT2D eigenvalue weighted by molar-refractivity contribution is 0.00368. The predicted octanol–water partition coefficient (Wildman–Crippen LogP) is 6.16. The van der Waals surface area contributed by atoms with Gasteiger partial charge in [0.2, 0.25) is 0 Å². The van der Waals surface area contributed by atoms with Gasteiger partial charge in [-0.3, -0.25) is 4.90 Å². The lowest BCUT2D eigenvalue weighted by Crippen LogP contribution is -2.69. The van der Waals surface area contributed by atoms with Crippen molar-refractivity contribution in [2.24, 2.45) is 0 Å². The van der Waals surface area contributed by atoms with Crippen molar-refractivity contribution in [2.75, 3.05) is 0 Å². The van der Waals surface area contributed by atoms with Crippen LogP contribution in [0.3, 0.4) is 0 Å². The van der Waals surface area contributed by atoms with Gasteiger partial charge in [-0.25, -0.2) is 9.59 Å². The molecule has 2 aromatic rings. The summed E-state index contributed by atoms with van der Waals surface area (Å²) in [5, 5.41) is 15.5. The van der Waals surface area contributed by atoms with Crippen molar-refractivity contribution in [3.05, 3.63) is 60.7 Å². The quantitative estimate of drug-likeness (QED) is 0.408. The number of carbonyl (C=O) groups excluding carboxylic acids is 1. The van der Waals surface area contributed by atoms with Gasteiger partial charge >= 0.3 is 12.2 Å². The molecule has 1 fully saturated rings. The summed E-state index contributed by atoms with van der Waals surface area (Å²) in [6.07, 6.45) is -0.00914. The van der Waals surface area contributed by atoms with Crippen LogP contribution in [0.1, 0.15) is 81.6 Å². The number of benzene rings is 2. The maximum atomic E-state index is 12.8. The molecule has 7 nitrogen and oxygen atoms in total. The van der Waals surface area contributed by atoms with Crippen LogP contribution in [0.2, 0.25) is 5.04 Å². The molecule has 220 valence electrons. The van der Waals surface area contributed by atoms with Gasteiger partial charge in [0.15, 0.2) is 0 Å². The summed E-state index contributed by atoms with van der Waals surface area (Å²) in [6.45, 7) is 17.8. The van der Waals surface area contributed by atoms with E-state index in [0.29, 0.717) is 19.3 Å². The molecule has 2 aromatic carbocycles. The first-order chi connectivity index (χ1) is 18.5. The number of rotatable bonds is 6. The summed E-state index contributed by atoms with van der Waals surface area (Å²) in [5.41, 5.74) is -1.33. The Kier molecular flexibility index (Phi) is 9.46. The number of alkyl carbamates (subject to hydrolysis) is 1. The fourth-order valence-electron chi connectivity index (χ4n) is 6.00. The normalized spacial score (nSPS) is 20.5. The number of carbonyl (C=O) groups is 2. The average Bonchev–Trinajstić information content (AvgIpc) is 2.82. The van der Waals surface area contributed by atoms with Gasteiger partial charge in [-0.1, -0.05) is 81.4 Å². The first-order valence-corrected chi connectivity index (χ1v) is 16.2. The van der Waals surface area contributed by atoms with Gasteiger partial charge in [0.05, 0.1) is 12.1 Å². The number of hydrogen-bond donors (Lipinski definition) is 2. The molecule has 0 aliphatic heterocycles. The van der Waals surface area contributed by atoms with Gasteiger partial charge in [0, 0.05) is 11.6 Å². The van der Waals surface area contributed by atoms with Crippen LogP contribution in [0.4, 0.5) is 9.59 Å². The number of nitrogens with zero attached hydrogens (tertiary/aromatic N) is 1. The third-order valence-electron chi connectivity index (χ3n) is 7.49. The Hall–Kier alpha value is -2.84. The van der Waals surface area contributed by atoms with Crippen molar-refractivity contribution in [2.45, 2.75) is 116 Å². The molecular formula is C32H48N2O5Si. The van der Waals surface area contributed by atoms with E-state index in [4.69, 9.17) is 9.16 Å². The van der Waals surface area contributed by atoms with Crippen molar-refractivity contribution in [1.82, 2.24) is 10.2 Å². The molecule has 40 heavy (non-hydrogen) atoms.